The van der Waals surface area contributed by atoms with Gasteiger partial charge in [0.05, 0.1) is 70.0 Å². The van der Waals surface area contributed by atoms with Crippen molar-refractivity contribution in [2.75, 3.05) is 71.8 Å². The zero-order chi connectivity index (χ0) is 22.9. The lowest BCUT2D eigenvalue weighted by atomic mass is 10.3. The number of nitrogens with two attached hydrogens (primary N) is 1. The number of hydrogen-bond donors (Lipinski definition) is 1. The van der Waals surface area contributed by atoms with Gasteiger partial charge in [-0.05, 0) is 24.3 Å². The van der Waals surface area contributed by atoms with Gasteiger partial charge < -0.3 is 29.4 Å². The van der Waals surface area contributed by atoms with Crippen molar-refractivity contribution in [1.29, 1.82) is 0 Å². The molecule has 32 heavy (non-hydrogen) atoms. The fourth-order valence-electron chi connectivity index (χ4n) is 2.44. The van der Waals surface area contributed by atoms with Crippen LogP contribution >= 0.6 is 0 Å². The Hall–Kier alpha value is -2.21. The fraction of sp³-hybridized carbons (Fsp3) is 0.455. The fourth-order valence-corrected chi connectivity index (χ4v) is 3.36. The Bertz CT molecular complexity index is 848. The molecule has 0 spiro atoms. The van der Waals surface area contributed by atoms with E-state index in [1.807, 2.05) is 18.2 Å². The molecule has 0 fully saturated rings. The molecule has 0 atom stereocenters. The van der Waals surface area contributed by atoms with Crippen molar-refractivity contribution in [3.63, 3.8) is 0 Å². The zero-order valence-corrected chi connectivity index (χ0v) is 18.8. The van der Waals surface area contributed by atoms with E-state index < -0.39 is 10.1 Å². The van der Waals surface area contributed by atoms with Crippen molar-refractivity contribution in [1.82, 2.24) is 0 Å². The smallest absolute Gasteiger partial charge is 0.297 e. The van der Waals surface area contributed by atoms with E-state index in [2.05, 4.69) is 0 Å². The summed E-state index contributed by atoms with van der Waals surface area (Å²) >= 11 is 0. The van der Waals surface area contributed by atoms with Gasteiger partial charge in [-0.15, -0.1) is 0 Å². The first-order chi connectivity index (χ1) is 15.6. The van der Waals surface area contributed by atoms with Gasteiger partial charge in [0, 0.05) is 0 Å². The van der Waals surface area contributed by atoms with Crippen LogP contribution in [-0.4, -0.2) is 74.5 Å². The molecule has 178 valence electrons. The van der Waals surface area contributed by atoms with Crippen LogP contribution in [0.1, 0.15) is 0 Å². The van der Waals surface area contributed by atoms with Gasteiger partial charge in [0.2, 0.25) is 0 Å². The minimum atomic E-state index is -3.74. The van der Waals surface area contributed by atoms with Crippen LogP contribution in [0, 0.1) is 0 Å². The number of anilines is 1. The third-order valence-corrected chi connectivity index (χ3v) is 5.34. The molecule has 0 saturated heterocycles. The molecule has 0 aliphatic rings. The molecule has 0 bridgehead atoms. The maximum Gasteiger partial charge on any atom is 0.297 e. The summed E-state index contributed by atoms with van der Waals surface area (Å²) in [5.41, 5.74) is 6.39. The molecule has 0 aromatic heterocycles. The summed E-state index contributed by atoms with van der Waals surface area (Å²) in [4.78, 5) is 0.124. The maximum atomic E-state index is 11.9. The number of para-hydroxylation sites is 2. The van der Waals surface area contributed by atoms with Crippen LogP contribution < -0.4 is 10.5 Å². The van der Waals surface area contributed by atoms with E-state index in [1.54, 1.807) is 24.3 Å². The SMILES string of the molecule is Nc1ccccc1OCCOCCOCCOCCOCCOS(=O)(=O)c1ccccc1. The number of ether oxygens (including phenoxy) is 5. The maximum absolute atomic E-state index is 11.9. The molecule has 10 heteroatoms. The molecule has 0 aliphatic carbocycles. The number of nitrogen functional groups attached to an aromatic ring is 1. The third kappa shape index (κ3) is 10.9. The second-order valence-electron chi connectivity index (χ2n) is 6.42. The Kier molecular flexibility index (Phi) is 12.7. The molecule has 0 amide bonds. The quantitative estimate of drug-likeness (QED) is 0.199. The number of rotatable bonds is 18. The van der Waals surface area contributed by atoms with Crippen molar-refractivity contribution < 1.29 is 36.3 Å². The van der Waals surface area contributed by atoms with Crippen LogP contribution in [0.4, 0.5) is 5.69 Å². The molecule has 2 aromatic carbocycles. The number of benzene rings is 2. The summed E-state index contributed by atoms with van der Waals surface area (Å²) < 4.78 is 55.7. The van der Waals surface area contributed by atoms with Gasteiger partial charge in [0.15, 0.2) is 0 Å². The van der Waals surface area contributed by atoms with E-state index in [9.17, 15) is 8.42 Å². The normalized spacial score (nSPS) is 11.5. The van der Waals surface area contributed by atoms with Gasteiger partial charge in [-0.2, -0.15) is 8.42 Å². The molecule has 2 N–H and O–H groups in total. The molecule has 0 aliphatic heterocycles. The van der Waals surface area contributed by atoms with Crippen LogP contribution in [0.25, 0.3) is 0 Å². The summed E-state index contributed by atoms with van der Waals surface area (Å²) in [5.74, 6) is 0.651. The highest BCUT2D eigenvalue weighted by Gasteiger charge is 2.13. The van der Waals surface area contributed by atoms with E-state index in [0.29, 0.717) is 64.3 Å². The summed E-state index contributed by atoms with van der Waals surface area (Å²) in [6.45, 7) is 3.48. The van der Waals surface area contributed by atoms with Crippen molar-refractivity contribution >= 4 is 15.8 Å². The topological polar surface area (TPSA) is 116 Å². The lowest BCUT2D eigenvalue weighted by molar-refractivity contribution is -0.00680. The van der Waals surface area contributed by atoms with Crippen LogP contribution in [0.3, 0.4) is 0 Å². The predicted octanol–water partition coefficient (Wildman–Crippen LogP) is 2.12. The van der Waals surface area contributed by atoms with E-state index in [1.165, 1.54) is 12.1 Å². The Morgan fingerprint density at radius 2 is 1.06 bits per heavy atom. The monoisotopic (exact) mass is 469 g/mol. The van der Waals surface area contributed by atoms with Gasteiger partial charge >= 0.3 is 0 Å². The Morgan fingerprint density at radius 1 is 0.594 bits per heavy atom. The molecule has 9 nitrogen and oxygen atoms in total. The highest BCUT2D eigenvalue weighted by Crippen LogP contribution is 2.19. The summed E-state index contributed by atoms with van der Waals surface area (Å²) in [7, 11) is -3.74. The molecule has 2 aromatic rings. The first kappa shape index (κ1) is 26.0. The van der Waals surface area contributed by atoms with Crippen LogP contribution in [0.5, 0.6) is 5.75 Å². The first-order valence-electron chi connectivity index (χ1n) is 10.3. The van der Waals surface area contributed by atoms with E-state index in [0.717, 1.165) is 0 Å². The molecule has 0 unspecified atom stereocenters. The lowest BCUT2D eigenvalue weighted by Gasteiger charge is -2.09. The van der Waals surface area contributed by atoms with Crippen LogP contribution in [0.2, 0.25) is 0 Å². The highest BCUT2D eigenvalue weighted by atomic mass is 32.2. The largest absolute Gasteiger partial charge is 0.489 e. The van der Waals surface area contributed by atoms with E-state index in [4.69, 9.17) is 33.6 Å². The first-order valence-corrected chi connectivity index (χ1v) is 11.7. The summed E-state index contributed by atoms with van der Waals surface area (Å²) in [6, 6.07) is 15.3. The second-order valence-corrected chi connectivity index (χ2v) is 8.04. The van der Waals surface area contributed by atoms with Crippen molar-refractivity contribution in [2.24, 2.45) is 0 Å². The van der Waals surface area contributed by atoms with Crippen molar-refractivity contribution in [3.05, 3.63) is 54.6 Å². The molecule has 0 radical (unpaired) electrons. The molecule has 0 heterocycles. The summed E-state index contributed by atoms with van der Waals surface area (Å²) in [6.07, 6.45) is 0. The van der Waals surface area contributed by atoms with Gasteiger partial charge in [-0.3, -0.25) is 4.18 Å². The Labute approximate surface area is 189 Å². The van der Waals surface area contributed by atoms with Crippen molar-refractivity contribution in [2.45, 2.75) is 4.90 Å². The van der Waals surface area contributed by atoms with Gasteiger partial charge in [-0.1, -0.05) is 30.3 Å². The average molecular weight is 470 g/mol. The summed E-state index contributed by atoms with van der Waals surface area (Å²) in [5, 5.41) is 0. The van der Waals surface area contributed by atoms with E-state index >= 15 is 0 Å². The average Bonchev–Trinajstić information content (AvgIpc) is 2.80. The van der Waals surface area contributed by atoms with Crippen molar-refractivity contribution in [3.8, 4) is 5.75 Å². The number of hydrogen-bond acceptors (Lipinski definition) is 9. The lowest BCUT2D eigenvalue weighted by Crippen LogP contribution is -2.15. The molecular weight excluding hydrogens is 438 g/mol. The third-order valence-electron chi connectivity index (χ3n) is 4.02. The van der Waals surface area contributed by atoms with Crippen LogP contribution in [0.15, 0.2) is 59.5 Å². The van der Waals surface area contributed by atoms with Gasteiger partial charge in [0.25, 0.3) is 10.1 Å². The zero-order valence-electron chi connectivity index (χ0n) is 18.0. The Balaban J connectivity index is 1.32. The minimum Gasteiger partial charge on any atom is -0.489 e. The van der Waals surface area contributed by atoms with Crippen LogP contribution in [-0.2, 0) is 33.2 Å². The van der Waals surface area contributed by atoms with Gasteiger partial charge in [0.1, 0.15) is 12.4 Å². The molecule has 2 rings (SSSR count). The van der Waals surface area contributed by atoms with Gasteiger partial charge in [-0.25, -0.2) is 0 Å². The highest BCUT2D eigenvalue weighted by molar-refractivity contribution is 7.86. The second kappa shape index (κ2) is 15.6. The molecule has 0 saturated carbocycles. The minimum absolute atomic E-state index is 0.0515. The predicted molar refractivity (Wildman–Crippen MR) is 119 cm³/mol. The van der Waals surface area contributed by atoms with E-state index in [-0.39, 0.29) is 18.1 Å². The molecular formula is C22H31NO8S. The Morgan fingerprint density at radius 3 is 1.62 bits per heavy atom. The standard InChI is InChI=1S/C22H31NO8S/c23-21-8-4-5-9-22(21)30-18-16-28-14-12-26-10-11-27-13-15-29-17-19-31-32(24,25)20-6-2-1-3-7-20/h1-9H,10-19,23H2.